The van der Waals surface area contributed by atoms with Gasteiger partial charge in [-0.2, -0.15) is 0 Å². The van der Waals surface area contributed by atoms with E-state index < -0.39 is 0 Å². The minimum Gasteiger partial charge on any atom is -0.379 e. The van der Waals surface area contributed by atoms with E-state index in [1.54, 1.807) is 0 Å². The summed E-state index contributed by atoms with van der Waals surface area (Å²) >= 11 is 3.27. The third kappa shape index (κ3) is 3.04. The van der Waals surface area contributed by atoms with Crippen molar-refractivity contribution >= 4 is 33.9 Å². The van der Waals surface area contributed by atoms with Gasteiger partial charge < -0.3 is 10.6 Å². The van der Waals surface area contributed by atoms with Gasteiger partial charge >= 0.3 is 0 Å². The molecule has 0 aliphatic carbocycles. The van der Waals surface area contributed by atoms with Crippen LogP contribution in [0.2, 0.25) is 0 Å². The lowest BCUT2D eigenvalue weighted by atomic mass is 10.4. The van der Waals surface area contributed by atoms with Crippen molar-refractivity contribution in [3.63, 3.8) is 0 Å². The molecular weight excluding hydrogens is 228 g/mol. The largest absolute Gasteiger partial charge is 0.379 e. The van der Waals surface area contributed by atoms with Crippen molar-refractivity contribution in [1.29, 1.82) is 5.41 Å². The van der Waals surface area contributed by atoms with Gasteiger partial charge in [0.25, 0.3) is 0 Å². The van der Waals surface area contributed by atoms with Crippen LogP contribution in [-0.2, 0) is 0 Å². The number of rotatable bonds is 2. The molecule has 2 heterocycles. The van der Waals surface area contributed by atoms with Crippen LogP contribution in [0.5, 0.6) is 0 Å². The first-order valence-electron chi connectivity index (χ1n) is 5.18. The summed E-state index contributed by atoms with van der Waals surface area (Å²) in [7, 11) is 0. The molecule has 0 spiro atoms. The van der Waals surface area contributed by atoms with Crippen molar-refractivity contribution < 1.29 is 0 Å². The van der Waals surface area contributed by atoms with Crippen molar-refractivity contribution in [2.75, 3.05) is 25.4 Å². The Morgan fingerprint density at radius 1 is 1.60 bits per heavy atom. The molecule has 2 aliphatic heterocycles. The highest BCUT2D eigenvalue weighted by molar-refractivity contribution is 8.17. The van der Waals surface area contributed by atoms with Gasteiger partial charge in [0.1, 0.15) is 0 Å². The van der Waals surface area contributed by atoms with E-state index in [9.17, 15) is 0 Å². The Morgan fingerprint density at radius 2 is 2.33 bits per heavy atom. The number of hydrogen-bond acceptors (Lipinski definition) is 5. The van der Waals surface area contributed by atoms with Gasteiger partial charge in [-0.1, -0.05) is 23.5 Å². The first-order chi connectivity index (χ1) is 7.25. The fourth-order valence-corrected chi connectivity index (χ4v) is 3.63. The van der Waals surface area contributed by atoms with Gasteiger partial charge in [-0.05, 0) is 12.8 Å². The van der Waals surface area contributed by atoms with Gasteiger partial charge in [0.05, 0.1) is 6.54 Å². The third-order valence-corrected chi connectivity index (χ3v) is 4.84. The van der Waals surface area contributed by atoms with E-state index in [0.29, 0.717) is 5.25 Å². The number of hydrogen-bond donors (Lipinski definition) is 2. The SMILES string of the molecule is N=C(N)SCC1CN=C(N2CCCC2)S1. The van der Waals surface area contributed by atoms with Crippen LogP contribution < -0.4 is 5.73 Å². The molecule has 1 saturated heterocycles. The van der Waals surface area contributed by atoms with E-state index in [4.69, 9.17) is 11.1 Å². The Labute approximate surface area is 98.6 Å². The topological polar surface area (TPSA) is 65.5 Å². The van der Waals surface area contributed by atoms with Gasteiger partial charge in [-0.25, -0.2) is 0 Å². The van der Waals surface area contributed by atoms with Crippen molar-refractivity contribution in [2.45, 2.75) is 18.1 Å². The molecule has 0 aromatic heterocycles. The molecule has 0 saturated carbocycles. The number of nitrogens with one attached hydrogen (secondary N) is 1. The highest BCUT2D eigenvalue weighted by Crippen LogP contribution is 2.27. The maximum absolute atomic E-state index is 7.16. The van der Waals surface area contributed by atoms with Gasteiger partial charge in [0.2, 0.25) is 0 Å². The molecule has 3 N–H and O–H groups in total. The summed E-state index contributed by atoms with van der Waals surface area (Å²) in [4.78, 5) is 6.94. The monoisotopic (exact) mass is 244 g/mol. The number of thioether (sulfide) groups is 2. The van der Waals surface area contributed by atoms with Crippen LogP contribution in [0.1, 0.15) is 12.8 Å². The van der Waals surface area contributed by atoms with Crippen molar-refractivity contribution in [3.8, 4) is 0 Å². The number of amidine groups is 2. The van der Waals surface area contributed by atoms with Crippen LogP contribution in [0.3, 0.4) is 0 Å². The molecule has 1 fully saturated rings. The summed E-state index contributed by atoms with van der Waals surface area (Å²) in [6.45, 7) is 3.22. The van der Waals surface area contributed by atoms with E-state index in [1.165, 1.54) is 42.9 Å². The summed E-state index contributed by atoms with van der Waals surface area (Å²) in [6, 6.07) is 0. The van der Waals surface area contributed by atoms with E-state index in [1.807, 2.05) is 11.8 Å². The molecule has 4 nitrogen and oxygen atoms in total. The molecule has 2 rings (SSSR count). The zero-order chi connectivity index (χ0) is 10.7. The predicted molar refractivity (Wildman–Crippen MR) is 68.9 cm³/mol. The standard InChI is InChI=1S/C9H16N4S2/c10-8(11)14-6-7-5-12-9(15-7)13-3-1-2-4-13/h7H,1-6H2,(H3,10,11). The molecule has 0 radical (unpaired) electrons. The molecule has 6 heteroatoms. The fraction of sp³-hybridized carbons (Fsp3) is 0.778. The summed E-state index contributed by atoms with van der Waals surface area (Å²) in [6.07, 6.45) is 2.60. The van der Waals surface area contributed by atoms with Crippen LogP contribution in [0.25, 0.3) is 0 Å². The van der Waals surface area contributed by atoms with Crippen LogP contribution in [0, 0.1) is 5.41 Å². The van der Waals surface area contributed by atoms with Gasteiger partial charge in [0.15, 0.2) is 10.3 Å². The average Bonchev–Trinajstić information content (AvgIpc) is 2.85. The Hall–Kier alpha value is -0.360. The zero-order valence-corrected chi connectivity index (χ0v) is 10.2. The van der Waals surface area contributed by atoms with Gasteiger partial charge in [-0.3, -0.25) is 10.4 Å². The first-order valence-corrected chi connectivity index (χ1v) is 7.05. The zero-order valence-electron chi connectivity index (χ0n) is 8.61. The Balaban J connectivity index is 1.75. The number of nitrogens with zero attached hydrogens (tertiary/aromatic N) is 2. The molecular formula is C9H16N4S2. The lowest BCUT2D eigenvalue weighted by Crippen LogP contribution is -2.24. The maximum atomic E-state index is 7.16. The quantitative estimate of drug-likeness (QED) is 0.565. The van der Waals surface area contributed by atoms with Crippen molar-refractivity contribution in [2.24, 2.45) is 10.7 Å². The van der Waals surface area contributed by atoms with Crippen LogP contribution in [0.15, 0.2) is 4.99 Å². The van der Waals surface area contributed by atoms with Crippen LogP contribution in [0.4, 0.5) is 0 Å². The normalized spacial score (nSPS) is 25.7. The molecule has 84 valence electrons. The Morgan fingerprint density at radius 3 is 3.00 bits per heavy atom. The second-order valence-electron chi connectivity index (χ2n) is 3.73. The van der Waals surface area contributed by atoms with Crippen LogP contribution in [-0.4, -0.2) is 45.9 Å². The molecule has 0 aromatic carbocycles. The van der Waals surface area contributed by atoms with Gasteiger partial charge in [-0.15, -0.1) is 0 Å². The predicted octanol–water partition coefficient (Wildman–Crippen LogP) is 1.18. The molecule has 15 heavy (non-hydrogen) atoms. The average molecular weight is 244 g/mol. The summed E-state index contributed by atoms with van der Waals surface area (Å²) in [5.74, 6) is 0.904. The highest BCUT2D eigenvalue weighted by Gasteiger charge is 2.25. The third-order valence-electron chi connectivity index (χ3n) is 2.50. The minimum absolute atomic E-state index is 0.213. The van der Waals surface area contributed by atoms with Crippen molar-refractivity contribution in [1.82, 2.24) is 4.90 Å². The second kappa shape index (κ2) is 5.12. The Bertz CT molecular complexity index is 273. The maximum Gasteiger partial charge on any atom is 0.159 e. The van der Waals surface area contributed by atoms with Crippen LogP contribution >= 0.6 is 23.5 Å². The lowest BCUT2D eigenvalue weighted by Gasteiger charge is -2.16. The minimum atomic E-state index is 0.213. The summed E-state index contributed by atoms with van der Waals surface area (Å²) in [5, 5.41) is 9.09. The molecule has 1 atom stereocenters. The highest BCUT2D eigenvalue weighted by atomic mass is 32.2. The van der Waals surface area contributed by atoms with E-state index in [0.717, 1.165) is 12.3 Å². The van der Waals surface area contributed by atoms with E-state index in [-0.39, 0.29) is 5.17 Å². The number of aliphatic imine (C=N–C) groups is 1. The van der Waals surface area contributed by atoms with Gasteiger partial charge in [0, 0.05) is 24.1 Å². The Kier molecular flexibility index (Phi) is 3.80. The number of likely N-dealkylation sites (tertiary alicyclic amines) is 1. The lowest BCUT2D eigenvalue weighted by molar-refractivity contribution is 0.530. The molecule has 0 aromatic rings. The second-order valence-corrected chi connectivity index (χ2v) is 6.06. The molecule has 0 amide bonds. The smallest absolute Gasteiger partial charge is 0.159 e. The first kappa shape index (κ1) is 11.1. The van der Waals surface area contributed by atoms with E-state index >= 15 is 0 Å². The fourth-order valence-electron chi connectivity index (χ4n) is 1.76. The van der Waals surface area contributed by atoms with E-state index in [2.05, 4.69) is 9.89 Å². The summed E-state index contributed by atoms with van der Waals surface area (Å²) < 4.78 is 0. The number of nitrogens with two attached hydrogens (primary N) is 1. The van der Waals surface area contributed by atoms with Crippen molar-refractivity contribution in [3.05, 3.63) is 0 Å². The molecule has 0 bridgehead atoms. The molecule has 1 unspecified atom stereocenters. The summed E-state index contributed by atoms with van der Waals surface area (Å²) in [5.41, 5.74) is 5.32. The molecule has 2 aliphatic rings.